The number of piperidine rings is 1. The molecule has 1 fully saturated rings. The van der Waals surface area contributed by atoms with E-state index in [0.29, 0.717) is 36.8 Å². The molecule has 0 spiro atoms. The molecule has 3 rings (SSSR count). The number of hydrogen-bond acceptors (Lipinski definition) is 4. The first-order valence-corrected chi connectivity index (χ1v) is 12.2. The van der Waals surface area contributed by atoms with Crippen LogP contribution in [0.5, 0.6) is 5.75 Å². The lowest BCUT2D eigenvalue weighted by Gasteiger charge is -2.38. The zero-order valence-corrected chi connectivity index (χ0v) is 20.9. The Kier molecular flexibility index (Phi) is 8.84. The minimum atomic E-state index is -5.30. The molecule has 0 aromatic heterocycles. The number of primary amides is 1. The zero-order valence-electron chi connectivity index (χ0n) is 20.9. The molecule has 3 N–H and O–H groups in total. The Balaban J connectivity index is 1.48. The maximum absolute atomic E-state index is 13.8. The summed E-state index contributed by atoms with van der Waals surface area (Å²) in [5.74, 6) is -2.02. The topological polar surface area (TPSA) is 92.9 Å². The van der Waals surface area contributed by atoms with Gasteiger partial charge in [0.25, 0.3) is 11.5 Å². The first-order valence-electron chi connectivity index (χ1n) is 12.2. The molecule has 2 amide bonds. The molecule has 1 saturated heterocycles. The molecule has 1 atom stereocenters. The third kappa shape index (κ3) is 6.23. The molecule has 6 nitrogen and oxygen atoms in total. The molecule has 0 aliphatic carbocycles. The van der Waals surface area contributed by atoms with Crippen LogP contribution in [0.4, 0.5) is 17.6 Å². The van der Waals surface area contributed by atoms with Crippen molar-refractivity contribution in [1.29, 1.82) is 0 Å². The maximum Gasteiger partial charge on any atom is 0.430 e. The molecule has 1 heterocycles. The number of alkyl halides is 3. The number of ether oxygens (including phenoxy) is 1. The van der Waals surface area contributed by atoms with Crippen molar-refractivity contribution in [3.8, 4) is 5.75 Å². The highest BCUT2D eigenvalue weighted by Crippen LogP contribution is 2.41. The Morgan fingerprint density at radius 3 is 2.35 bits per heavy atom. The number of benzene rings is 2. The van der Waals surface area contributed by atoms with Crippen LogP contribution in [0.1, 0.15) is 59.2 Å². The molecule has 1 unspecified atom stereocenters. The van der Waals surface area contributed by atoms with Crippen molar-refractivity contribution in [2.24, 2.45) is 11.7 Å². The minimum absolute atomic E-state index is 0.0817. The van der Waals surface area contributed by atoms with Gasteiger partial charge < -0.3 is 20.5 Å². The predicted octanol–water partition coefficient (Wildman–Crippen LogP) is 4.78. The van der Waals surface area contributed by atoms with Crippen LogP contribution in [0, 0.1) is 25.6 Å². The highest BCUT2D eigenvalue weighted by molar-refractivity contribution is 5.94. The Labute approximate surface area is 213 Å². The second-order valence-electron chi connectivity index (χ2n) is 9.52. The van der Waals surface area contributed by atoms with Crippen molar-refractivity contribution in [1.82, 2.24) is 4.90 Å². The number of halogens is 4. The summed E-state index contributed by atoms with van der Waals surface area (Å²) in [7, 11) is 0. The van der Waals surface area contributed by atoms with Crippen LogP contribution in [0.3, 0.4) is 0 Å². The second kappa shape index (κ2) is 11.5. The van der Waals surface area contributed by atoms with Crippen molar-refractivity contribution in [3.05, 3.63) is 64.5 Å². The maximum atomic E-state index is 13.8. The van der Waals surface area contributed by atoms with Crippen molar-refractivity contribution in [3.63, 3.8) is 0 Å². The summed E-state index contributed by atoms with van der Waals surface area (Å²) >= 11 is 0. The Bertz CT molecular complexity index is 1130. The van der Waals surface area contributed by atoms with Gasteiger partial charge in [0.2, 0.25) is 5.91 Å². The SMILES string of the molecule is Cc1c(OCCCCC2CCN(C(=O)C(O)(c3cccc(F)c3)C(F)(F)F)CC2)ccc(C(N)=O)c1C. The summed E-state index contributed by atoms with van der Waals surface area (Å²) in [6, 6.07) is 6.78. The van der Waals surface area contributed by atoms with Gasteiger partial charge in [-0.25, -0.2) is 4.39 Å². The van der Waals surface area contributed by atoms with E-state index < -0.39 is 35.0 Å². The molecule has 0 saturated carbocycles. The Morgan fingerprint density at radius 2 is 1.76 bits per heavy atom. The molecule has 2 aromatic rings. The fourth-order valence-electron chi connectivity index (χ4n) is 4.71. The zero-order chi connectivity index (χ0) is 27.4. The van der Waals surface area contributed by atoms with E-state index >= 15 is 0 Å². The summed E-state index contributed by atoms with van der Waals surface area (Å²) in [4.78, 5) is 25.3. The number of nitrogens with zero attached hydrogens (tertiary/aromatic N) is 1. The van der Waals surface area contributed by atoms with Crippen LogP contribution in [-0.4, -0.2) is 47.7 Å². The van der Waals surface area contributed by atoms with Crippen LogP contribution in [0.2, 0.25) is 0 Å². The van der Waals surface area contributed by atoms with Gasteiger partial charge in [-0.3, -0.25) is 9.59 Å². The molecule has 2 aromatic carbocycles. The number of hydrogen-bond donors (Lipinski definition) is 2. The molecular weight excluding hydrogens is 492 g/mol. The number of rotatable bonds is 9. The second-order valence-corrected chi connectivity index (χ2v) is 9.52. The largest absolute Gasteiger partial charge is 0.493 e. The summed E-state index contributed by atoms with van der Waals surface area (Å²) in [6.07, 6.45) is -1.84. The molecule has 202 valence electrons. The van der Waals surface area contributed by atoms with E-state index in [1.54, 1.807) is 12.1 Å². The van der Waals surface area contributed by atoms with E-state index in [9.17, 15) is 32.3 Å². The summed E-state index contributed by atoms with van der Waals surface area (Å²) < 4.78 is 60.9. The first-order chi connectivity index (χ1) is 17.4. The monoisotopic (exact) mass is 524 g/mol. The normalized spacial score (nSPS) is 16.4. The number of aliphatic hydroxyl groups is 1. The van der Waals surface area contributed by atoms with Gasteiger partial charge in [0, 0.05) is 24.2 Å². The minimum Gasteiger partial charge on any atom is -0.493 e. The molecular formula is C27H32F4N2O4. The molecule has 1 aliphatic rings. The van der Waals surface area contributed by atoms with Gasteiger partial charge in [0.15, 0.2) is 0 Å². The van der Waals surface area contributed by atoms with Crippen LogP contribution in [0.25, 0.3) is 0 Å². The van der Waals surface area contributed by atoms with E-state index in [2.05, 4.69) is 0 Å². The van der Waals surface area contributed by atoms with Gasteiger partial charge in [0.1, 0.15) is 11.6 Å². The Hall–Kier alpha value is -3.14. The number of nitrogens with two attached hydrogens (primary N) is 1. The quantitative estimate of drug-likeness (QED) is 0.365. The predicted molar refractivity (Wildman–Crippen MR) is 129 cm³/mol. The van der Waals surface area contributed by atoms with Gasteiger partial charge in [-0.05, 0) is 80.8 Å². The number of likely N-dealkylation sites (tertiary alicyclic amines) is 1. The smallest absolute Gasteiger partial charge is 0.430 e. The fraction of sp³-hybridized carbons (Fsp3) is 0.481. The number of carbonyl (C=O) groups excluding carboxylic acids is 2. The average molecular weight is 525 g/mol. The third-order valence-electron chi connectivity index (χ3n) is 7.13. The molecule has 0 radical (unpaired) electrons. The van der Waals surface area contributed by atoms with Gasteiger partial charge in [0.05, 0.1) is 6.61 Å². The molecule has 1 aliphatic heterocycles. The van der Waals surface area contributed by atoms with Crippen molar-refractivity contribution in [2.45, 2.75) is 57.7 Å². The van der Waals surface area contributed by atoms with Crippen molar-refractivity contribution in [2.75, 3.05) is 19.7 Å². The number of amides is 2. The van der Waals surface area contributed by atoms with Crippen LogP contribution >= 0.6 is 0 Å². The van der Waals surface area contributed by atoms with Crippen LogP contribution < -0.4 is 10.5 Å². The molecule has 10 heteroatoms. The average Bonchev–Trinajstić information content (AvgIpc) is 2.84. The summed E-state index contributed by atoms with van der Waals surface area (Å²) in [5.41, 5.74) is 2.82. The first kappa shape index (κ1) is 28.4. The van der Waals surface area contributed by atoms with E-state index in [4.69, 9.17) is 10.5 Å². The van der Waals surface area contributed by atoms with Crippen LogP contribution in [-0.2, 0) is 10.4 Å². The third-order valence-corrected chi connectivity index (χ3v) is 7.13. The lowest BCUT2D eigenvalue weighted by atomic mass is 9.88. The number of unbranched alkanes of at least 4 members (excludes halogenated alkanes) is 1. The van der Waals surface area contributed by atoms with Crippen molar-refractivity contribution < 1.29 is 37.0 Å². The lowest BCUT2D eigenvalue weighted by molar-refractivity contribution is -0.262. The number of carbonyl (C=O) groups is 2. The van der Waals surface area contributed by atoms with Gasteiger partial charge in [-0.1, -0.05) is 18.6 Å². The highest BCUT2D eigenvalue weighted by atomic mass is 19.4. The highest BCUT2D eigenvalue weighted by Gasteiger charge is 2.62. The van der Waals surface area contributed by atoms with Gasteiger partial charge in [-0.15, -0.1) is 0 Å². The van der Waals surface area contributed by atoms with E-state index in [1.807, 2.05) is 13.8 Å². The van der Waals surface area contributed by atoms with Gasteiger partial charge in [-0.2, -0.15) is 13.2 Å². The summed E-state index contributed by atoms with van der Waals surface area (Å²) in [5, 5.41) is 10.5. The van der Waals surface area contributed by atoms with Gasteiger partial charge >= 0.3 is 6.18 Å². The van der Waals surface area contributed by atoms with Crippen molar-refractivity contribution >= 4 is 11.8 Å². The van der Waals surface area contributed by atoms with Crippen LogP contribution in [0.15, 0.2) is 36.4 Å². The summed E-state index contributed by atoms with van der Waals surface area (Å²) in [6.45, 7) is 4.31. The van der Waals surface area contributed by atoms with E-state index in [-0.39, 0.29) is 19.0 Å². The molecule has 0 bridgehead atoms. The van der Waals surface area contributed by atoms with E-state index in [0.717, 1.165) is 53.5 Å². The van der Waals surface area contributed by atoms with E-state index in [1.165, 1.54) is 0 Å². The fourth-order valence-corrected chi connectivity index (χ4v) is 4.71. The Morgan fingerprint density at radius 1 is 1.08 bits per heavy atom. The lowest BCUT2D eigenvalue weighted by Crippen LogP contribution is -2.57. The molecule has 37 heavy (non-hydrogen) atoms. The standard InChI is InChI=1S/C27H32F4N2O4/c1-17-18(2)23(10-9-22(17)24(32)34)37-15-4-3-6-19-11-13-33(14-12-19)25(35)26(36,27(29,30)31)20-7-5-8-21(28)16-20/h5,7-10,16,19,36H,3-4,6,11-15H2,1-2H3,(H2,32,34).